The summed E-state index contributed by atoms with van der Waals surface area (Å²) >= 11 is 5.79. The first-order valence-corrected chi connectivity index (χ1v) is 9.79. The number of imide groups is 1. The van der Waals surface area contributed by atoms with Crippen molar-refractivity contribution in [2.75, 3.05) is 11.9 Å². The van der Waals surface area contributed by atoms with Crippen molar-refractivity contribution in [3.05, 3.63) is 29.3 Å². The molecule has 2 atom stereocenters. The first-order valence-electron chi connectivity index (χ1n) is 9.42. The van der Waals surface area contributed by atoms with Gasteiger partial charge >= 0.3 is 12.0 Å². The number of anilines is 1. The van der Waals surface area contributed by atoms with Crippen LogP contribution in [0.25, 0.3) is 0 Å². The molecule has 4 amide bonds. The van der Waals surface area contributed by atoms with Gasteiger partial charge in [-0.3, -0.25) is 19.3 Å². The number of nitrogens with one attached hydrogen (secondary N) is 2. The lowest BCUT2D eigenvalue weighted by molar-refractivity contribution is -0.155. The highest BCUT2D eigenvalue weighted by Crippen LogP contribution is 2.24. The van der Waals surface area contributed by atoms with Crippen molar-refractivity contribution in [1.82, 2.24) is 10.2 Å². The van der Waals surface area contributed by atoms with E-state index in [-0.39, 0.29) is 0 Å². The van der Waals surface area contributed by atoms with Crippen molar-refractivity contribution in [3.63, 3.8) is 0 Å². The molecule has 2 N–H and O–H groups in total. The van der Waals surface area contributed by atoms with Crippen LogP contribution in [0.3, 0.4) is 0 Å². The van der Waals surface area contributed by atoms with Crippen LogP contribution >= 0.6 is 11.6 Å². The zero-order chi connectivity index (χ0) is 21.8. The minimum Gasteiger partial charge on any atom is -0.451 e. The van der Waals surface area contributed by atoms with Gasteiger partial charge in [-0.2, -0.15) is 0 Å². The highest BCUT2D eigenvalue weighted by molar-refractivity contribution is 6.30. The highest BCUT2D eigenvalue weighted by atomic mass is 35.5. The van der Waals surface area contributed by atoms with Crippen LogP contribution in [0.2, 0.25) is 5.02 Å². The van der Waals surface area contributed by atoms with E-state index in [4.69, 9.17) is 16.3 Å². The van der Waals surface area contributed by atoms with Gasteiger partial charge in [0.05, 0.1) is 0 Å². The Morgan fingerprint density at radius 2 is 1.83 bits per heavy atom. The molecule has 1 aromatic carbocycles. The van der Waals surface area contributed by atoms with E-state index < -0.39 is 42.0 Å². The van der Waals surface area contributed by atoms with Gasteiger partial charge in [0.15, 0.2) is 6.10 Å². The molecule has 1 aliphatic rings. The Kier molecular flexibility index (Phi) is 7.24. The summed E-state index contributed by atoms with van der Waals surface area (Å²) in [7, 11) is 0. The Morgan fingerprint density at radius 3 is 2.41 bits per heavy atom. The molecular formula is C20H26ClN3O5. The van der Waals surface area contributed by atoms with Crippen LogP contribution in [0.15, 0.2) is 24.3 Å². The predicted molar refractivity (Wildman–Crippen MR) is 108 cm³/mol. The predicted octanol–water partition coefficient (Wildman–Crippen LogP) is 2.96. The molecule has 0 saturated carbocycles. The lowest BCUT2D eigenvalue weighted by Crippen LogP contribution is -2.44. The largest absolute Gasteiger partial charge is 0.451 e. The fourth-order valence-corrected chi connectivity index (χ4v) is 2.96. The van der Waals surface area contributed by atoms with Crippen molar-refractivity contribution in [1.29, 1.82) is 0 Å². The number of hydrogen-bond donors (Lipinski definition) is 2. The topological polar surface area (TPSA) is 105 Å². The number of esters is 1. The molecular weight excluding hydrogens is 398 g/mol. The zero-order valence-corrected chi connectivity index (χ0v) is 17.7. The Balaban J connectivity index is 1.90. The Hall–Kier alpha value is -2.61. The molecule has 0 spiro atoms. The lowest BCUT2D eigenvalue weighted by atomic mass is 9.92. The van der Waals surface area contributed by atoms with Gasteiger partial charge in [0, 0.05) is 10.7 Å². The third-order valence-electron chi connectivity index (χ3n) is 4.64. The van der Waals surface area contributed by atoms with E-state index in [0.29, 0.717) is 23.0 Å². The average Bonchev–Trinajstić information content (AvgIpc) is 2.85. The van der Waals surface area contributed by atoms with Crippen LogP contribution in [0.1, 0.15) is 40.5 Å². The Labute approximate surface area is 174 Å². The summed E-state index contributed by atoms with van der Waals surface area (Å²) in [6.07, 6.45) is 0.120. The van der Waals surface area contributed by atoms with Gasteiger partial charge in [0.2, 0.25) is 0 Å². The minimum absolute atomic E-state index is 0.371. The summed E-state index contributed by atoms with van der Waals surface area (Å²) in [6, 6.07) is 5.81. The van der Waals surface area contributed by atoms with Gasteiger partial charge < -0.3 is 15.4 Å². The van der Waals surface area contributed by atoms with Crippen LogP contribution in [0.5, 0.6) is 0 Å². The first kappa shape index (κ1) is 22.7. The molecule has 0 bridgehead atoms. The number of amides is 4. The number of urea groups is 1. The molecule has 1 fully saturated rings. The molecule has 29 heavy (non-hydrogen) atoms. The molecule has 0 aromatic heterocycles. The molecule has 1 aliphatic heterocycles. The lowest BCUT2D eigenvalue weighted by Gasteiger charge is -2.22. The van der Waals surface area contributed by atoms with Gasteiger partial charge in [-0.05, 0) is 56.9 Å². The van der Waals surface area contributed by atoms with Crippen LogP contribution < -0.4 is 10.6 Å². The van der Waals surface area contributed by atoms with E-state index in [0.717, 1.165) is 11.3 Å². The summed E-state index contributed by atoms with van der Waals surface area (Å²) in [5.41, 5.74) is -0.545. The van der Waals surface area contributed by atoms with Gasteiger partial charge in [-0.1, -0.05) is 25.4 Å². The standard InChI is InChI=1S/C20H26ClN3O5/c1-12(2)9-10-20(4)18(27)24(19(28)23-20)11-16(25)29-13(3)17(26)22-15-7-5-14(21)6-8-15/h5-8,12-13H,9-11H2,1-4H3,(H,22,26)(H,23,28)/t13-,20-/m1/s1. The van der Waals surface area contributed by atoms with Crippen molar-refractivity contribution in [3.8, 4) is 0 Å². The first-order chi connectivity index (χ1) is 13.5. The van der Waals surface area contributed by atoms with E-state index in [9.17, 15) is 19.2 Å². The maximum atomic E-state index is 12.6. The quantitative estimate of drug-likeness (QED) is 0.494. The maximum Gasteiger partial charge on any atom is 0.327 e. The number of benzene rings is 1. The summed E-state index contributed by atoms with van der Waals surface area (Å²) in [5, 5.41) is 5.76. The van der Waals surface area contributed by atoms with Crippen LogP contribution in [-0.2, 0) is 19.1 Å². The number of nitrogens with zero attached hydrogens (tertiary/aromatic N) is 1. The summed E-state index contributed by atoms with van der Waals surface area (Å²) in [6.45, 7) is 6.54. The number of carbonyl (C=O) groups excluding carboxylic acids is 4. The van der Waals surface area contributed by atoms with E-state index in [1.807, 2.05) is 13.8 Å². The monoisotopic (exact) mass is 423 g/mol. The zero-order valence-electron chi connectivity index (χ0n) is 17.0. The van der Waals surface area contributed by atoms with E-state index in [2.05, 4.69) is 10.6 Å². The Morgan fingerprint density at radius 1 is 1.21 bits per heavy atom. The molecule has 158 valence electrons. The smallest absolute Gasteiger partial charge is 0.327 e. The molecule has 0 unspecified atom stereocenters. The van der Waals surface area contributed by atoms with Gasteiger partial charge in [-0.15, -0.1) is 0 Å². The van der Waals surface area contributed by atoms with Gasteiger partial charge in [-0.25, -0.2) is 4.79 Å². The fraction of sp³-hybridized carbons (Fsp3) is 0.500. The maximum absolute atomic E-state index is 12.6. The molecule has 2 rings (SSSR count). The van der Waals surface area contributed by atoms with Gasteiger partial charge in [0.25, 0.3) is 11.8 Å². The Bertz CT molecular complexity index is 796. The number of halogens is 1. The minimum atomic E-state index is -1.11. The van der Waals surface area contributed by atoms with Crippen molar-refractivity contribution in [2.24, 2.45) is 5.92 Å². The van der Waals surface area contributed by atoms with E-state index in [1.54, 1.807) is 31.2 Å². The average molecular weight is 424 g/mol. The normalized spacial score (nSPS) is 19.9. The van der Waals surface area contributed by atoms with E-state index in [1.165, 1.54) is 6.92 Å². The second-order valence-electron chi connectivity index (χ2n) is 7.71. The van der Waals surface area contributed by atoms with Crippen LogP contribution in [0, 0.1) is 5.92 Å². The molecule has 1 saturated heterocycles. The number of ether oxygens (including phenoxy) is 1. The third kappa shape index (κ3) is 5.93. The van der Waals surface area contributed by atoms with Crippen LogP contribution in [0.4, 0.5) is 10.5 Å². The highest BCUT2D eigenvalue weighted by Gasteiger charge is 2.48. The second-order valence-corrected chi connectivity index (χ2v) is 8.15. The summed E-state index contributed by atoms with van der Waals surface area (Å²) < 4.78 is 5.08. The summed E-state index contributed by atoms with van der Waals surface area (Å²) in [4.78, 5) is 50.0. The number of carbonyl (C=O) groups is 4. The van der Waals surface area contributed by atoms with Crippen molar-refractivity contribution in [2.45, 2.75) is 52.2 Å². The van der Waals surface area contributed by atoms with Crippen molar-refractivity contribution < 1.29 is 23.9 Å². The molecule has 0 radical (unpaired) electrons. The second kappa shape index (κ2) is 9.26. The van der Waals surface area contributed by atoms with Crippen LogP contribution in [-0.4, -0.2) is 46.9 Å². The number of hydrogen-bond acceptors (Lipinski definition) is 5. The molecule has 1 aromatic rings. The van der Waals surface area contributed by atoms with Crippen molar-refractivity contribution >= 4 is 41.1 Å². The molecule has 9 heteroatoms. The number of rotatable bonds is 8. The summed E-state index contributed by atoms with van der Waals surface area (Å²) in [5.74, 6) is -1.49. The third-order valence-corrected chi connectivity index (χ3v) is 4.90. The molecule has 1 heterocycles. The van der Waals surface area contributed by atoms with E-state index >= 15 is 0 Å². The molecule has 0 aliphatic carbocycles. The SMILES string of the molecule is CC(C)CC[C@@]1(C)NC(=O)N(CC(=O)O[C@H](C)C(=O)Nc2ccc(Cl)cc2)C1=O. The fourth-order valence-electron chi connectivity index (χ4n) is 2.83. The molecule has 8 nitrogen and oxygen atoms in total. The van der Waals surface area contributed by atoms with Gasteiger partial charge in [0.1, 0.15) is 12.1 Å².